The highest BCUT2D eigenvalue weighted by atomic mass is 16.5. The molecule has 1 fully saturated rings. The summed E-state index contributed by atoms with van der Waals surface area (Å²) in [6.07, 6.45) is 7.61. The third-order valence-corrected chi connectivity index (χ3v) is 4.23. The van der Waals surface area contributed by atoms with Crippen LogP contribution in [0.15, 0.2) is 41.3 Å². The number of nitrogens with one attached hydrogen (secondary N) is 1. The molecular weight excluding hydrogens is 292 g/mol. The predicted molar refractivity (Wildman–Crippen MR) is 83.4 cm³/mol. The minimum Gasteiger partial charge on any atom is -0.338 e. The lowest BCUT2D eigenvalue weighted by Crippen LogP contribution is -2.34. The fourth-order valence-corrected chi connectivity index (χ4v) is 3.08. The van der Waals surface area contributed by atoms with Crippen LogP contribution in [0.25, 0.3) is 11.4 Å². The van der Waals surface area contributed by atoms with Crippen molar-refractivity contribution in [2.45, 2.75) is 25.3 Å². The number of hydrogen-bond acceptors (Lipinski definition) is 6. The maximum atomic E-state index is 5.40. The minimum absolute atomic E-state index is 0.494. The van der Waals surface area contributed by atoms with Crippen molar-refractivity contribution in [2.24, 2.45) is 0 Å². The Balaban J connectivity index is 1.43. The Morgan fingerprint density at radius 2 is 2.13 bits per heavy atom. The summed E-state index contributed by atoms with van der Waals surface area (Å²) >= 11 is 0. The first-order chi connectivity index (χ1) is 11.4. The average Bonchev–Trinajstić information content (AvgIpc) is 3.28. The molecule has 1 atom stereocenters. The van der Waals surface area contributed by atoms with Crippen molar-refractivity contribution in [2.75, 3.05) is 13.1 Å². The molecule has 3 aromatic rings. The monoisotopic (exact) mass is 310 g/mol. The van der Waals surface area contributed by atoms with E-state index in [1.165, 1.54) is 12.1 Å². The number of likely N-dealkylation sites (tertiary alicyclic amines) is 1. The number of rotatable bonds is 4. The highest BCUT2D eigenvalue weighted by Gasteiger charge is 2.23. The Hall–Kier alpha value is -2.54. The molecule has 7 nitrogen and oxygen atoms in total. The van der Waals surface area contributed by atoms with Gasteiger partial charge in [0.2, 0.25) is 11.7 Å². The van der Waals surface area contributed by atoms with Gasteiger partial charge in [-0.05, 0) is 37.6 Å². The smallest absolute Gasteiger partial charge is 0.241 e. The minimum atomic E-state index is 0.494. The number of H-pyrrole nitrogens is 1. The van der Waals surface area contributed by atoms with E-state index in [1.54, 1.807) is 12.4 Å². The van der Waals surface area contributed by atoms with Crippen LogP contribution in [0.1, 0.15) is 30.3 Å². The molecule has 0 aliphatic carbocycles. The van der Waals surface area contributed by atoms with Crippen LogP contribution in [0.5, 0.6) is 0 Å². The van der Waals surface area contributed by atoms with Crippen molar-refractivity contribution in [3.63, 3.8) is 0 Å². The largest absolute Gasteiger partial charge is 0.338 e. The fourth-order valence-electron chi connectivity index (χ4n) is 3.08. The number of piperidine rings is 1. The molecule has 1 N–H and O–H groups in total. The van der Waals surface area contributed by atoms with E-state index in [4.69, 9.17) is 4.52 Å². The van der Waals surface area contributed by atoms with Crippen LogP contribution in [-0.2, 0) is 6.54 Å². The molecule has 1 aliphatic heterocycles. The maximum Gasteiger partial charge on any atom is 0.241 e. The molecule has 0 saturated carbocycles. The zero-order valence-electron chi connectivity index (χ0n) is 12.7. The van der Waals surface area contributed by atoms with Crippen molar-refractivity contribution >= 4 is 0 Å². The number of aromatic nitrogens is 5. The number of hydrogen-bond donors (Lipinski definition) is 1. The number of aromatic amines is 1. The van der Waals surface area contributed by atoms with Gasteiger partial charge in [0.15, 0.2) is 0 Å². The summed E-state index contributed by atoms with van der Waals surface area (Å²) in [7, 11) is 0. The zero-order chi connectivity index (χ0) is 15.5. The second kappa shape index (κ2) is 6.29. The highest BCUT2D eigenvalue weighted by molar-refractivity contribution is 5.52. The van der Waals surface area contributed by atoms with Gasteiger partial charge in [-0.25, -0.2) is 0 Å². The summed E-state index contributed by atoms with van der Waals surface area (Å²) in [5.74, 6) is 1.76. The van der Waals surface area contributed by atoms with Gasteiger partial charge in [0.1, 0.15) is 0 Å². The van der Waals surface area contributed by atoms with Crippen LogP contribution in [0.2, 0.25) is 0 Å². The lowest BCUT2D eigenvalue weighted by Gasteiger charge is -2.30. The summed E-state index contributed by atoms with van der Waals surface area (Å²) in [5.41, 5.74) is 2.13. The van der Waals surface area contributed by atoms with Crippen LogP contribution < -0.4 is 0 Å². The molecular formula is C16H18N6O. The summed E-state index contributed by atoms with van der Waals surface area (Å²) in [6.45, 7) is 2.72. The van der Waals surface area contributed by atoms with E-state index < -0.39 is 0 Å². The Kier molecular flexibility index (Phi) is 3.85. The van der Waals surface area contributed by atoms with Gasteiger partial charge in [-0.2, -0.15) is 10.1 Å². The molecule has 7 heteroatoms. The lowest BCUT2D eigenvalue weighted by molar-refractivity contribution is 0.175. The van der Waals surface area contributed by atoms with E-state index in [9.17, 15) is 0 Å². The molecule has 1 aliphatic rings. The Morgan fingerprint density at radius 1 is 1.22 bits per heavy atom. The number of pyridine rings is 1. The van der Waals surface area contributed by atoms with E-state index in [2.05, 4.69) is 36.3 Å². The topological polar surface area (TPSA) is 83.7 Å². The second-order valence-electron chi connectivity index (χ2n) is 5.83. The first kappa shape index (κ1) is 14.1. The van der Waals surface area contributed by atoms with E-state index in [0.717, 1.165) is 25.1 Å². The van der Waals surface area contributed by atoms with Crippen LogP contribution in [0.4, 0.5) is 0 Å². The standard InChI is InChI=1S/C16H18N6O/c1-2-13(14-5-8-18-20-14)10-22(9-1)11-15-19-16(21-23-15)12-3-6-17-7-4-12/h3-8,13H,1-2,9-11H2,(H,18,20)/t13-/m0/s1. The first-order valence-corrected chi connectivity index (χ1v) is 7.83. The van der Waals surface area contributed by atoms with Crippen molar-refractivity contribution in [1.82, 2.24) is 30.2 Å². The van der Waals surface area contributed by atoms with E-state index in [0.29, 0.717) is 24.2 Å². The van der Waals surface area contributed by atoms with Gasteiger partial charge in [-0.15, -0.1) is 0 Å². The summed E-state index contributed by atoms with van der Waals surface area (Å²) in [4.78, 5) is 10.9. The molecule has 3 aromatic heterocycles. The molecule has 23 heavy (non-hydrogen) atoms. The van der Waals surface area contributed by atoms with Crippen molar-refractivity contribution in [1.29, 1.82) is 0 Å². The van der Waals surface area contributed by atoms with E-state index in [-0.39, 0.29) is 0 Å². The molecule has 118 valence electrons. The third-order valence-electron chi connectivity index (χ3n) is 4.23. The molecule has 0 amide bonds. The zero-order valence-corrected chi connectivity index (χ0v) is 12.7. The number of nitrogens with zero attached hydrogens (tertiary/aromatic N) is 5. The molecule has 0 bridgehead atoms. The average molecular weight is 310 g/mol. The molecule has 0 aromatic carbocycles. The van der Waals surface area contributed by atoms with Crippen LogP contribution in [0.3, 0.4) is 0 Å². The third kappa shape index (κ3) is 3.14. The van der Waals surface area contributed by atoms with Crippen LogP contribution >= 0.6 is 0 Å². The predicted octanol–water partition coefficient (Wildman–Crippen LogP) is 2.23. The molecule has 0 radical (unpaired) electrons. The van der Waals surface area contributed by atoms with E-state index in [1.807, 2.05) is 18.3 Å². The molecule has 1 saturated heterocycles. The first-order valence-electron chi connectivity index (χ1n) is 7.83. The van der Waals surface area contributed by atoms with Crippen LogP contribution in [0, 0.1) is 0 Å². The van der Waals surface area contributed by atoms with Crippen molar-refractivity contribution in [3.8, 4) is 11.4 Å². The lowest BCUT2D eigenvalue weighted by atomic mass is 9.95. The Bertz CT molecular complexity index is 739. The van der Waals surface area contributed by atoms with Crippen molar-refractivity contribution in [3.05, 3.63) is 48.4 Å². The normalized spacial score (nSPS) is 19.0. The van der Waals surface area contributed by atoms with Gasteiger partial charge in [0.25, 0.3) is 0 Å². The van der Waals surface area contributed by atoms with Gasteiger partial charge < -0.3 is 4.52 Å². The molecule has 0 spiro atoms. The maximum absolute atomic E-state index is 5.40. The SMILES string of the molecule is c1cc(-c2noc(CN3CCC[C@H](c4ccn[nH]4)C3)n2)ccn1. The highest BCUT2D eigenvalue weighted by Crippen LogP contribution is 2.26. The Morgan fingerprint density at radius 3 is 2.96 bits per heavy atom. The summed E-state index contributed by atoms with van der Waals surface area (Å²) in [5, 5.41) is 11.2. The molecule has 0 unspecified atom stereocenters. The summed E-state index contributed by atoms with van der Waals surface area (Å²) < 4.78 is 5.40. The molecule has 4 heterocycles. The van der Waals surface area contributed by atoms with Crippen LogP contribution in [-0.4, -0.2) is 43.3 Å². The van der Waals surface area contributed by atoms with Gasteiger partial charge in [0, 0.05) is 42.3 Å². The Labute approximate surface area is 133 Å². The quantitative estimate of drug-likeness (QED) is 0.795. The molecule has 4 rings (SSSR count). The van der Waals surface area contributed by atoms with Crippen molar-refractivity contribution < 1.29 is 4.52 Å². The van der Waals surface area contributed by atoms with Gasteiger partial charge in [-0.3, -0.25) is 15.0 Å². The van der Waals surface area contributed by atoms with E-state index >= 15 is 0 Å². The fraction of sp³-hybridized carbons (Fsp3) is 0.375. The summed E-state index contributed by atoms with van der Waals surface area (Å²) in [6, 6.07) is 5.82. The second-order valence-corrected chi connectivity index (χ2v) is 5.83. The van der Waals surface area contributed by atoms with Gasteiger partial charge in [-0.1, -0.05) is 5.16 Å². The van der Waals surface area contributed by atoms with Gasteiger partial charge in [0.05, 0.1) is 6.54 Å². The van der Waals surface area contributed by atoms with Gasteiger partial charge >= 0.3 is 0 Å².